The zero-order chi connectivity index (χ0) is 23.1. The van der Waals surface area contributed by atoms with Gasteiger partial charge < -0.3 is 15.0 Å². The topological polar surface area (TPSA) is 79.0 Å². The molecule has 1 fully saturated rings. The van der Waals surface area contributed by atoms with Crippen molar-refractivity contribution < 1.29 is 17.9 Å². The van der Waals surface area contributed by atoms with Crippen molar-refractivity contribution in [1.82, 2.24) is 5.32 Å². The summed E-state index contributed by atoms with van der Waals surface area (Å²) >= 11 is 0. The van der Waals surface area contributed by atoms with Gasteiger partial charge in [0.2, 0.25) is 15.9 Å². The van der Waals surface area contributed by atoms with E-state index in [9.17, 15) is 13.2 Å². The highest BCUT2D eigenvalue weighted by Crippen LogP contribution is 2.23. The second-order valence-corrected chi connectivity index (χ2v) is 10.3. The molecule has 0 radical (unpaired) electrons. The van der Waals surface area contributed by atoms with Gasteiger partial charge in [-0.15, -0.1) is 0 Å². The van der Waals surface area contributed by atoms with Crippen molar-refractivity contribution in [3.05, 3.63) is 54.1 Å². The third-order valence-electron chi connectivity index (χ3n) is 5.33. The number of carbonyl (C=O) groups excluding carboxylic acids is 1. The number of nitrogens with one attached hydrogen (secondary N) is 1. The zero-order valence-corrected chi connectivity index (χ0v) is 19.9. The Bertz CT molecular complexity index is 983. The van der Waals surface area contributed by atoms with E-state index in [1.165, 1.54) is 24.9 Å². The summed E-state index contributed by atoms with van der Waals surface area (Å²) in [5, 5.41) is 2.82. The van der Waals surface area contributed by atoms with E-state index in [0.717, 1.165) is 29.2 Å². The Morgan fingerprint density at radius 2 is 1.66 bits per heavy atom. The number of nitrogens with zero attached hydrogens (tertiary/aromatic N) is 2. The van der Waals surface area contributed by atoms with Crippen LogP contribution in [0.5, 0.6) is 5.75 Å². The van der Waals surface area contributed by atoms with E-state index in [1.807, 2.05) is 26.0 Å². The van der Waals surface area contributed by atoms with Gasteiger partial charge in [0.05, 0.1) is 18.0 Å². The molecule has 0 atom stereocenters. The van der Waals surface area contributed by atoms with Crippen molar-refractivity contribution in [2.24, 2.45) is 0 Å². The van der Waals surface area contributed by atoms with Crippen molar-refractivity contribution in [3.63, 3.8) is 0 Å². The van der Waals surface area contributed by atoms with Crippen molar-refractivity contribution in [1.29, 1.82) is 0 Å². The number of benzene rings is 2. The molecule has 7 nitrogen and oxygen atoms in total. The van der Waals surface area contributed by atoms with Gasteiger partial charge in [-0.3, -0.25) is 9.10 Å². The second kappa shape index (κ2) is 10.7. The lowest BCUT2D eigenvalue weighted by Gasteiger charge is -2.28. The molecule has 1 N–H and O–H groups in total. The Balaban J connectivity index is 1.58. The number of amides is 1. The van der Waals surface area contributed by atoms with Crippen LogP contribution in [0.2, 0.25) is 0 Å². The third-order valence-corrected chi connectivity index (χ3v) is 6.47. The summed E-state index contributed by atoms with van der Waals surface area (Å²) in [5.74, 6) is 0.285. The standard InChI is InChI=1S/C24H33N3O4S/c1-19(2)31-23-13-11-22(12-14-23)27(32(3,29)30)18-24(28)25-17-20-7-9-21(10-8-20)26-15-5-4-6-16-26/h7-14,19H,4-6,15-18H2,1-3H3,(H,25,28). The second-order valence-electron chi connectivity index (χ2n) is 8.42. The highest BCUT2D eigenvalue weighted by molar-refractivity contribution is 7.92. The summed E-state index contributed by atoms with van der Waals surface area (Å²) < 4.78 is 31.3. The van der Waals surface area contributed by atoms with Crippen LogP contribution in [-0.4, -0.2) is 46.3 Å². The van der Waals surface area contributed by atoms with Crippen LogP contribution in [0.1, 0.15) is 38.7 Å². The monoisotopic (exact) mass is 459 g/mol. The van der Waals surface area contributed by atoms with E-state index in [4.69, 9.17) is 4.74 Å². The quantitative estimate of drug-likeness (QED) is 0.620. The van der Waals surface area contributed by atoms with E-state index in [0.29, 0.717) is 18.0 Å². The Labute approximate surface area is 191 Å². The van der Waals surface area contributed by atoms with Crippen LogP contribution >= 0.6 is 0 Å². The Morgan fingerprint density at radius 1 is 1.03 bits per heavy atom. The lowest BCUT2D eigenvalue weighted by Crippen LogP contribution is -2.40. The first kappa shape index (κ1) is 23.9. The fourth-order valence-electron chi connectivity index (χ4n) is 3.73. The van der Waals surface area contributed by atoms with Crippen LogP contribution in [-0.2, 0) is 21.4 Å². The molecule has 3 rings (SSSR count). The molecule has 0 saturated carbocycles. The lowest BCUT2D eigenvalue weighted by atomic mass is 10.1. The smallest absolute Gasteiger partial charge is 0.241 e. The molecule has 0 bridgehead atoms. The van der Waals surface area contributed by atoms with Crippen LogP contribution in [0.4, 0.5) is 11.4 Å². The largest absolute Gasteiger partial charge is 0.491 e. The molecular weight excluding hydrogens is 426 g/mol. The Hall–Kier alpha value is -2.74. The molecule has 1 aliphatic rings. The highest BCUT2D eigenvalue weighted by Gasteiger charge is 2.21. The number of sulfonamides is 1. The average molecular weight is 460 g/mol. The van der Waals surface area contributed by atoms with Crippen LogP contribution in [0.3, 0.4) is 0 Å². The van der Waals surface area contributed by atoms with Gasteiger partial charge in [0.15, 0.2) is 0 Å². The molecule has 1 aliphatic heterocycles. The maximum atomic E-state index is 12.5. The van der Waals surface area contributed by atoms with Gasteiger partial charge in [0.1, 0.15) is 12.3 Å². The fraction of sp³-hybridized carbons (Fsp3) is 0.458. The Kier molecular flexibility index (Phi) is 8.01. The van der Waals surface area contributed by atoms with Crippen molar-refractivity contribution in [2.45, 2.75) is 45.8 Å². The molecule has 0 aromatic heterocycles. The number of hydrogen-bond acceptors (Lipinski definition) is 5. The average Bonchev–Trinajstić information content (AvgIpc) is 2.76. The SMILES string of the molecule is CC(C)Oc1ccc(N(CC(=O)NCc2ccc(N3CCCCC3)cc2)S(C)(=O)=O)cc1. The van der Waals surface area contributed by atoms with E-state index in [1.54, 1.807) is 24.3 Å². The minimum atomic E-state index is -3.62. The van der Waals surface area contributed by atoms with Gasteiger partial charge >= 0.3 is 0 Å². The van der Waals surface area contributed by atoms with Gasteiger partial charge in [-0.1, -0.05) is 12.1 Å². The van der Waals surface area contributed by atoms with Crippen LogP contribution in [0.25, 0.3) is 0 Å². The molecule has 2 aromatic carbocycles. The fourth-order valence-corrected chi connectivity index (χ4v) is 4.58. The first-order valence-electron chi connectivity index (χ1n) is 11.1. The summed E-state index contributed by atoms with van der Waals surface area (Å²) in [6, 6.07) is 14.9. The number of rotatable bonds is 9. The van der Waals surface area contributed by atoms with Crippen LogP contribution < -0.4 is 19.3 Å². The van der Waals surface area contributed by atoms with Crippen molar-refractivity contribution >= 4 is 27.3 Å². The van der Waals surface area contributed by atoms with Gasteiger partial charge in [0.25, 0.3) is 0 Å². The zero-order valence-electron chi connectivity index (χ0n) is 19.1. The number of carbonyl (C=O) groups is 1. The molecule has 174 valence electrons. The third kappa shape index (κ3) is 6.88. The highest BCUT2D eigenvalue weighted by atomic mass is 32.2. The lowest BCUT2D eigenvalue weighted by molar-refractivity contribution is -0.119. The van der Waals surface area contributed by atoms with Crippen LogP contribution in [0.15, 0.2) is 48.5 Å². The van der Waals surface area contributed by atoms with Crippen LogP contribution in [0, 0.1) is 0 Å². The molecule has 1 heterocycles. The van der Waals surface area contributed by atoms with Crippen molar-refractivity contribution in [2.75, 3.05) is 35.1 Å². The van der Waals surface area contributed by atoms with Gasteiger partial charge in [-0.05, 0) is 75.1 Å². The maximum Gasteiger partial charge on any atom is 0.241 e. The number of piperidine rings is 1. The molecule has 8 heteroatoms. The number of anilines is 2. The molecule has 1 saturated heterocycles. The summed E-state index contributed by atoms with van der Waals surface area (Å²) in [7, 11) is -3.62. The van der Waals surface area contributed by atoms with Gasteiger partial charge in [0, 0.05) is 25.3 Å². The minimum Gasteiger partial charge on any atom is -0.491 e. The minimum absolute atomic E-state index is 0.0200. The van der Waals surface area contributed by atoms with Gasteiger partial charge in [-0.25, -0.2) is 8.42 Å². The molecule has 0 aliphatic carbocycles. The number of ether oxygens (including phenoxy) is 1. The van der Waals surface area contributed by atoms with E-state index in [-0.39, 0.29) is 18.6 Å². The van der Waals surface area contributed by atoms with Gasteiger partial charge in [-0.2, -0.15) is 0 Å². The predicted molar refractivity (Wildman–Crippen MR) is 129 cm³/mol. The first-order valence-corrected chi connectivity index (χ1v) is 12.9. The van der Waals surface area contributed by atoms with E-state index < -0.39 is 10.0 Å². The van der Waals surface area contributed by atoms with Crippen molar-refractivity contribution in [3.8, 4) is 5.75 Å². The molecule has 0 spiro atoms. The molecular formula is C24H33N3O4S. The summed E-state index contributed by atoms with van der Waals surface area (Å²) in [6.45, 7) is 6.07. The van der Waals surface area contributed by atoms with E-state index in [2.05, 4.69) is 22.3 Å². The maximum absolute atomic E-state index is 12.5. The number of hydrogen-bond donors (Lipinski definition) is 1. The summed E-state index contributed by atoms with van der Waals surface area (Å²) in [4.78, 5) is 14.9. The molecule has 32 heavy (non-hydrogen) atoms. The normalized spacial score (nSPS) is 14.3. The molecule has 0 unspecified atom stereocenters. The molecule has 1 amide bonds. The Morgan fingerprint density at radius 3 is 2.22 bits per heavy atom. The predicted octanol–water partition coefficient (Wildman–Crippen LogP) is 3.55. The first-order chi connectivity index (χ1) is 15.2. The van der Waals surface area contributed by atoms with E-state index >= 15 is 0 Å². The summed E-state index contributed by atoms with van der Waals surface area (Å²) in [5.41, 5.74) is 2.60. The summed E-state index contributed by atoms with van der Waals surface area (Å²) in [6.07, 6.45) is 4.86. The molecule has 2 aromatic rings.